The zero-order valence-corrected chi connectivity index (χ0v) is 8.01. The Balaban J connectivity index is 1.96. The summed E-state index contributed by atoms with van der Waals surface area (Å²) in [5, 5.41) is 9.27. The molecule has 1 saturated heterocycles. The highest BCUT2D eigenvalue weighted by molar-refractivity contribution is 5.71. The van der Waals surface area contributed by atoms with Gasteiger partial charge in [-0.25, -0.2) is 0 Å². The van der Waals surface area contributed by atoms with Crippen molar-refractivity contribution >= 4 is 12.2 Å². The summed E-state index contributed by atoms with van der Waals surface area (Å²) in [6, 6.07) is 3.43. The van der Waals surface area contributed by atoms with Crippen LogP contribution in [-0.2, 0) is 0 Å². The Labute approximate surface area is 82.1 Å². The van der Waals surface area contributed by atoms with Gasteiger partial charge in [-0.15, -0.1) is 0 Å². The average Bonchev–Trinajstić information content (AvgIpc) is 2.49. The van der Waals surface area contributed by atoms with E-state index >= 15 is 0 Å². The van der Waals surface area contributed by atoms with Crippen molar-refractivity contribution in [2.24, 2.45) is 5.92 Å². The van der Waals surface area contributed by atoms with Crippen LogP contribution >= 0.6 is 0 Å². The van der Waals surface area contributed by atoms with Crippen LogP contribution in [0, 0.1) is 5.92 Å². The van der Waals surface area contributed by atoms with Crippen LogP contribution in [0.15, 0.2) is 16.5 Å². The molecule has 1 aliphatic heterocycles. The molecule has 2 rings (SSSR count). The number of hydrogen-bond acceptors (Lipinski definition) is 4. The van der Waals surface area contributed by atoms with Crippen molar-refractivity contribution in [1.82, 2.24) is 0 Å². The molecule has 1 aromatic heterocycles. The second-order valence-corrected chi connectivity index (χ2v) is 3.70. The molecular formula is C10H13NO3. The maximum atomic E-state index is 10.4. The minimum Gasteiger partial charge on any atom is -0.438 e. The van der Waals surface area contributed by atoms with Crippen LogP contribution in [0.4, 0.5) is 5.88 Å². The number of carbonyl (C=O) groups excluding carboxylic acids is 1. The molecule has 14 heavy (non-hydrogen) atoms. The van der Waals surface area contributed by atoms with Gasteiger partial charge in [0.1, 0.15) is 0 Å². The molecule has 0 radical (unpaired) electrons. The number of carbonyl (C=O) groups is 1. The van der Waals surface area contributed by atoms with Crippen LogP contribution in [0.5, 0.6) is 0 Å². The minimum absolute atomic E-state index is 0.272. The average molecular weight is 195 g/mol. The molecule has 0 aliphatic carbocycles. The number of aliphatic hydroxyl groups excluding tert-OH is 1. The van der Waals surface area contributed by atoms with Gasteiger partial charge in [-0.05, 0) is 13.0 Å². The third-order valence-electron chi connectivity index (χ3n) is 2.63. The first-order valence-electron chi connectivity index (χ1n) is 4.68. The smallest absolute Gasteiger partial charge is 0.196 e. The molecule has 4 heteroatoms. The number of nitrogens with zero attached hydrogens (tertiary/aromatic N) is 1. The van der Waals surface area contributed by atoms with Crippen molar-refractivity contribution in [2.75, 3.05) is 18.0 Å². The summed E-state index contributed by atoms with van der Waals surface area (Å²) < 4.78 is 5.24. The Kier molecular flexibility index (Phi) is 2.29. The third-order valence-corrected chi connectivity index (χ3v) is 2.63. The molecule has 2 heterocycles. The Hall–Kier alpha value is -1.29. The summed E-state index contributed by atoms with van der Waals surface area (Å²) >= 11 is 0. The number of hydrogen-bond donors (Lipinski definition) is 1. The van der Waals surface area contributed by atoms with Crippen LogP contribution in [0.2, 0.25) is 0 Å². The summed E-state index contributed by atoms with van der Waals surface area (Å²) in [6.07, 6.45) is 0.418. The van der Waals surface area contributed by atoms with Gasteiger partial charge in [-0.3, -0.25) is 4.79 Å². The van der Waals surface area contributed by atoms with E-state index in [0.29, 0.717) is 23.8 Å². The molecule has 1 atom stereocenters. The molecule has 0 unspecified atom stereocenters. The molecule has 1 fully saturated rings. The normalized spacial score (nSPS) is 19.1. The predicted octanol–water partition coefficient (Wildman–Crippen LogP) is 0.909. The molecule has 0 saturated carbocycles. The molecule has 0 amide bonds. The summed E-state index contributed by atoms with van der Waals surface area (Å²) in [5.41, 5.74) is 0. The van der Waals surface area contributed by atoms with E-state index in [1.807, 2.05) is 4.90 Å². The zero-order valence-electron chi connectivity index (χ0n) is 8.01. The van der Waals surface area contributed by atoms with Crippen molar-refractivity contribution in [2.45, 2.75) is 13.0 Å². The fraction of sp³-hybridized carbons (Fsp3) is 0.500. The van der Waals surface area contributed by atoms with Crippen LogP contribution < -0.4 is 4.90 Å². The van der Waals surface area contributed by atoms with Crippen molar-refractivity contribution < 1.29 is 14.3 Å². The molecule has 4 nitrogen and oxygen atoms in total. The number of furan rings is 1. The maximum absolute atomic E-state index is 10.4. The van der Waals surface area contributed by atoms with Gasteiger partial charge in [-0.2, -0.15) is 0 Å². The molecule has 0 spiro atoms. The standard InChI is InChI=1S/C10H13NO3/c1-7(13)8-4-11(5-8)10-3-2-9(6-12)14-10/h2-3,6-8,13H,4-5H2,1H3/t7-/m0/s1. The first-order valence-corrected chi connectivity index (χ1v) is 4.68. The Morgan fingerprint density at radius 3 is 2.86 bits per heavy atom. The zero-order chi connectivity index (χ0) is 10.1. The molecular weight excluding hydrogens is 182 g/mol. The largest absolute Gasteiger partial charge is 0.438 e. The molecule has 0 bridgehead atoms. The third kappa shape index (κ3) is 1.53. The van der Waals surface area contributed by atoms with Gasteiger partial charge in [-0.1, -0.05) is 0 Å². The number of aliphatic hydroxyl groups is 1. The van der Waals surface area contributed by atoms with E-state index < -0.39 is 0 Å². The van der Waals surface area contributed by atoms with E-state index in [1.165, 1.54) is 0 Å². The molecule has 0 aromatic carbocycles. The number of anilines is 1. The van der Waals surface area contributed by atoms with Crippen molar-refractivity contribution in [3.63, 3.8) is 0 Å². The topological polar surface area (TPSA) is 53.7 Å². The van der Waals surface area contributed by atoms with Crippen LogP contribution in [0.1, 0.15) is 17.5 Å². The second-order valence-electron chi connectivity index (χ2n) is 3.70. The van der Waals surface area contributed by atoms with Crippen molar-refractivity contribution in [1.29, 1.82) is 0 Å². The van der Waals surface area contributed by atoms with Crippen LogP contribution in [-0.4, -0.2) is 30.6 Å². The van der Waals surface area contributed by atoms with Crippen LogP contribution in [0.25, 0.3) is 0 Å². The Morgan fingerprint density at radius 2 is 2.36 bits per heavy atom. The molecule has 1 N–H and O–H groups in total. The lowest BCUT2D eigenvalue weighted by atomic mass is 9.95. The van der Waals surface area contributed by atoms with E-state index in [1.54, 1.807) is 19.1 Å². The van der Waals surface area contributed by atoms with Crippen LogP contribution in [0.3, 0.4) is 0 Å². The van der Waals surface area contributed by atoms with Gasteiger partial charge in [0.15, 0.2) is 17.9 Å². The highest BCUT2D eigenvalue weighted by atomic mass is 16.4. The van der Waals surface area contributed by atoms with E-state index in [0.717, 1.165) is 13.1 Å². The van der Waals surface area contributed by atoms with E-state index in [4.69, 9.17) is 4.42 Å². The molecule has 1 aliphatic rings. The second kappa shape index (κ2) is 3.46. The van der Waals surface area contributed by atoms with Crippen molar-refractivity contribution in [3.05, 3.63) is 17.9 Å². The first kappa shape index (κ1) is 9.27. The predicted molar refractivity (Wildman–Crippen MR) is 51.5 cm³/mol. The lowest BCUT2D eigenvalue weighted by Crippen LogP contribution is -2.51. The highest BCUT2D eigenvalue weighted by Gasteiger charge is 2.31. The van der Waals surface area contributed by atoms with Gasteiger partial charge in [0.25, 0.3) is 0 Å². The van der Waals surface area contributed by atoms with Gasteiger partial charge in [0.05, 0.1) is 6.10 Å². The molecule has 76 valence electrons. The quantitative estimate of drug-likeness (QED) is 0.728. The summed E-state index contributed by atoms with van der Waals surface area (Å²) in [7, 11) is 0. The lowest BCUT2D eigenvalue weighted by molar-refractivity contribution is 0.104. The number of rotatable bonds is 3. The van der Waals surface area contributed by atoms with Gasteiger partial charge >= 0.3 is 0 Å². The van der Waals surface area contributed by atoms with Gasteiger partial charge in [0.2, 0.25) is 0 Å². The summed E-state index contributed by atoms with van der Waals surface area (Å²) in [6.45, 7) is 3.38. The SMILES string of the molecule is C[C@H](O)C1CN(c2ccc(C=O)o2)C1. The first-order chi connectivity index (χ1) is 6.70. The Morgan fingerprint density at radius 1 is 1.64 bits per heavy atom. The fourth-order valence-corrected chi connectivity index (χ4v) is 1.57. The van der Waals surface area contributed by atoms with Gasteiger partial charge < -0.3 is 14.4 Å². The van der Waals surface area contributed by atoms with Gasteiger partial charge in [0, 0.05) is 25.1 Å². The van der Waals surface area contributed by atoms with E-state index in [2.05, 4.69) is 0 Å². The molecule has 1 aromatic rings. The summed E-state index contributed by atoms with van der Waals surface area (Å²) in [5.74, 6) is 1.38. The number of aldehydes is 1. The highest BCUT2D eigenvalue weighted by Crippen LogP contribution is 2.27. The lowest BCUT2D eigenvalue weighted by Gasteiger charge is -2.40. The monoisotopic (exact) mass is 195 g/mol. The minimum atomic E-state index is -0.272. The van der Waals surface area contributed by atoms with E-state index in [9.17, 15) is 9.90 Å². The fourth-order valence-electron chi connectivity index (χ4n) is 1.57. The maximum Gasteiger partial charge on any atom is 0.196 e. The summed E-state index contributed by atoms with van der Waals surface area (Å²) in [4.78, 5) is 12.4. The van der Waals surface area contributed by atoms with Crippen molar-refractivity contribution in [3.8, 4) is 0 Å². The Bertz CT molecular complexity index is 326. The van der Waals surface area contributed by atoms with E-state index in [-0.39, 0.29) is 6.10 Å².